The van der Waals surface area contributed by atoms with Gasteiger partial charge in [0.15, 0.2) is 0 Å². The molecule has 4 nitrogen and oxygen atoms in total. The van der Waals surface area contributed by atoms with Crippen LogP contribution in [-0.2, 0) is 11.0 Å². The molecule has 1 aliphatic heterocycles. The first-order valence-electron chi connectivity index (χ1n) is 9.68. The van der Waals surface area contributed by atoms with Crippen LogP contribution in [-0.4, -0.2) is 37.0 Å². The second-order valence-electron chi connectivity index (χ2n) is 7.65. The minimum absolute atomic E-state index is 0.00640. The fourth-order valence-electron chi connectivity index (χ4n) is 4.02. The maximum atomic E-state index is 12.9. The predicted molar refractivity (Wildman–Crippen MR) is 110 cm³/mol. The van der Waals surface area contributed by atoms with Crippen molar-refractivity contribution in [2.24, 2.45) is 5.92 Å². The number of alkyl halides is 3. The van der Waals surface area contributed by atoms with Crippen molar-refractivity contribution in [3.05, 3.63) is 63.6 Å². The van der Waals surface area contributed by atoms with Crippen molar-refractivity contribution >= 4 is 27.5 Å². The molecule has 2 aromatic carbocycles. The van der Waals surface area contributed by atoms with E-state index in [0.29, 0.717) is 38.2 Å². The Labute approximate surface area is 181 Å². The molecule has 0 bridgehead atoms. The van der Waals surface area contributed by atoms with E-state index < -0.39 is 11.7 Å². The topological polar surface area (TPSA) is 47.3 Å². The van der Waals surface area contributed by atoms with Gasteiger partial charge in [-0.1, -0.05) is 28.1 Å². The second-order valence-corrected chi connectivity index (χ2v) is 8.57. The third kappa shape index (κ3) is 4.17. The van der Waals surface area contributed by atoms with Crippen LogP contribution in [0.2, 0.25) is 0 Å². The summed E-state index contributed by atoms with van der Waals surface area (Å²) in [6, 6.07) is 12.9. The number of halogens is 4. The van der Waals surface area contributed by atoms with Crippen molar-refractivity contribution < 1.29 is 18.0 Å². The molecule has 8 heteroatoms. The molecule has 0 aromatic heterocycles. The van der Waals surface area contributed by atoms with Crippen LogP contribution in [0.3, 0.4) is 0 Å². The van der Waals surface area contributed by atoms with Gasteiger partial charge in [-0.25, -0.2) is 0 Å². The van der Waals surface area contributed by atoms with Crippen molar-refractivity contribution in [3.63, 3.8) is 0 Å². The first kappa shape index (κ1) is 20.7. The third-order valence-electron chi connectivity index (χ3n) is 5.79. The molecule has 1 saturated carbocycles. The molecule has 0 N–H and O–H groups in total. The highest BCUT2D eigenvalue weighted by molar-refractivity contribution is 9.10. The number of carbonyl (C=O) groups is 1. The molecule has 2 atom stereocenters. The summed E-state index contributed by atoms with van der Waals surface area (Å²) in [5.41, 5.74) is 1.57. The number of amides is 1. The van der Waals surface area contributed by atoms with E-state index in [4.69, 9.17) is 0 Å². The Hall–Kier alpha value is -2.53. The highest BCUT2D eigenvalue weighted by Crippen LogP contribution is 2.49. The number of rotatable bonds is 3. The van der Waals surface area contributed by atoms with E-state index in [1.165, 1.54) is 12.1 Å². The van der Waals surface area contributed by atoms with E-state index in [2.05, 4.69) is 26.9 Å². The fourth-order valence-corrected chi connectivity index (χ4v) is 4.37. The van der Waals surface area contributed by atoms with Crippen molar-refractivity contribution in [2.45, 2.75) is 18.5 Å². The molecule has 156 valence electrons. The van der Waals surface area contributed by atoms with E-state index in [1.54, 1.807) is 6.07 Å². The normalized spacial score (nSPS) is 21.3. The molecule has 0 spiro atoms. The lowest BCUT2D eigenvalue weighted by molar-refractivity contribution is -0.137. The predicted octanol–water partition coefficient (Wildman–Crippen LogP) is 4.79. The van der Waals surface area contributed by atoms with E-state index >= 15 is 0 Å². The van der Waals surface area contributed by atoms with Crippen LogP contribution in [0.5, 0.6) is 0 Å². The van der Waals surface area contributed by atoms with E-state index in [1.807, 2.05) is 17.0 Å². The Morgan fingerprint density at radius 2 is 1.73 bits per heavy atom. The summed E-state index contributed by atoms with van der Waals surface area (Å²) in [7, 11) is 0. The molecule has 1 aliphatic carbocycles. The molecule has 2 fully saturated rings. The Morgan fingerprint density at radius 1 is 1.07 bits per heavy atom. The Kier molecular flexibility index (Phi) is 5.49. The number of anilines is 1. The number of piperazine rings is 1. The lowest BCUT2D eigenvalue weighted by Gasteiger charge is -2.36. The molecule has 1 unspecified atom stereocenters. The van der Waals surface area contributed by atoms with Crippen molar-refractivity contribution in [2.75, 3.05) is 31.1 Å². The van der Waals surface area contributed by atoms with Gasteiger partial charge in [-0.05, 0) is 48.2 Å². The van der Waals surface area contributed by atoms with Crippen LogP contribution >= 0.6 is 15.9 Å². The standard InChI is InChI=1S/C22H19BrF3N3O/c23-17-6-3-15(13-27)20(11-17)28-7-9-29(10-8-28)21(30)19-12-18(19)14-1-4-16(5-2-14)22(24,25)26/h1-6,11,18-19H,7-10,12H2/t18?,19-/m0/s1. The van der Waals surface area contributed by atoms with Crippen LogP contribution in [0, 0.1) is 17.2 Å². The van der Waals surface area contributed by atoms with E-state index in [0.717, 1.165) is 27.9 Å². The zero-order valence-corrected chi connectivity index (χ0v) is 17.6. The molecular formula is C22H19BrF3N3O. The first-order chi connectivity index (χ1) is 14.3. The largest absolute Gasteiger partial charge is 0.416 e. The lowest BCUT2D eigenvalue weighted by atomic mass is 10.1. The fraction of sp³-hybridized carbons (Fsp3) is 0.364. The molecule has 1 amide bonds. The van der Waals surface area contributed by atoms with Gasteiger partial charge in [0.2, 0.25) is 5.91 Å². The SMILES string of the molecule is N#Cc1ccc(Br)cc1N1CCN(C(=O)[C@H]2CC2c2ccc(C(F)(F)F)cc2)CC1. The molecule has 0 radical (unpaired) electrons. The molecule has 1 saturated heterocycles. The minimum Gasteiger partial charge on any atom is -0.367 e. The van der Waals surface area contributed by atoms with Gasteiger partial charge in [-0.15, -0.1) is 0 Å². The van der Waals surface area contributed by atoms with Gasteiger partial charge in [0.1, 0.15) is 6.07 Å². The maximum absolute atomic E-state index is 12.9. The summed E-state index contributed by atoms with van der Waals surface area (Å²) < 4.78 is 39.1. The van der Waals surface area contributed by atoms with Crippen LogP contribution in [0.4, 0.5) is 18.9 Å². The molecule has 2 aromatic rings. The summed E-state index contributed by atoms with van der Waals surface area (Å²) in [4.78, 5) is 16.8. The van der Waals surface area contributed by atoms with Crippen molar-refractivity contribution in [3.8, 4) is 6.07 Å². The second kappa shape index (κ2) is 7.95. The summed E-state index contributed by atoms with van der Waals surface area (Å²) in [5.74, 6) is -0.101. The van der Waals surface area contributed by atoms with Gasteiger partial charge in [0.05, 0.1) is 16.8 Å². The Balaban J connectivity index is 1.36. The van der Waals surface area contributed by atoms with Crippen molar-refractivity contribution in [1.82, 2.24) is 4.90 Å². The quantitative estimate of drug-likeness (QED) is 0.638. The van der Waals surface area contributed by atoms with Gasteiger partial charge >= 0.3 is 6.18 Å². The molecule has 30 heavy (non-hydrogen) atoms. The Morgan fingerprint density at radius 3 is 2.33 bits per heavy atom. The van der Waals surface area contributed by atoms with Crippen LogP contribution in [0.1, 0.15) is 29.0 Å². The Bertz CT molecular complexity index is 992. The van der Waals surface area contributed by atoms with Crippen LogP contribution in [0.25, 0.3) is 0 Å². The molecule has 4 rings (SSSR count). The maximum Gasteiger partial charge on any atom is 0.416 e. The van der Waals surface area contributed by atoms with E-state index in [-0.39, 0.29) is 17.7 Å². The molecular weight excluding hydrogens is 459 g/mol. The first-order valence-corrected chi connectivity index (χ1v) is 10.5. The minimum atomic E-state index is -4.35. The van der Waals surface area contributed by atoms with Gasteiger partial charge in [0.25, 0.3) is 0 Å². The zero-order chi connectivity index (χ0) is 21.5. The number of benzene rings is 2. The van der Waals surface area contributed by atoms with Gasteiger partial charge in [-0.3, -0.25) is 4.79 Å². The van der Waals surface area contributed by atoms with Gasteiger partial charge < -0.3 is 9.80 Å². The van der Waals surface area contributed by atoms with Crippen molar-refractivity contribution in [1.29, 1.82) is 5.26 Å². The highest BCUT2D eigenvalue weighted by Gasteiger charge is 2.46. The smallest absolute Gasteiger partial charge is 0.367 e. The number of nitriles is 1. The summed E-state index contributed by atoms with van der Waals surface area (Å²) in [5, 5.41) is 9.34. The van der Waals surface area contributed by atoms with Crippen LogP contribution < -0.4 is 4.90 Å². The summed E-state index contributed by atoms with van der Waals surface area (Å²) in [6.45, 7) is 2.39. The van der Waals surface area contributed by atoms with E-state index in [9.17, 15) is 23.2 Å². The van der Waals surface area contributed by atoms with Crippen LogP contribution in [0.15, 0.2) is 46.9 Å². The number of hydrogen-bond acceptors (Lipinski definition) is 3. The average Bonchev–Trinajstić information content (AvgIpc) is 3.54. The monoisotopic (exact) mass is 477 g/mol. The summed E-state index contributed by atoms with van der Waals surface area (Å²) in [6.07, 6.45) is -3.68. The molecule has 2 aliphatic rings. The third-order valence-corrected chi connectivity index (χ3v) is 6.28. The number of carbonyl (C=O) groups excluding carboxylic acids is 1. The summed E-state index contributed by atoms with van der Waals surface area (Å²) >= 11 is 3.44. The number of nitrogens with zero attached hydrogens (tertiary/aromatic N) is 3. The molecule has 1 heterocycles. The highest BCUT2D eigenvalue weighted by atomic mass is 79.9. The zero-order valence-electron chi connectivity index (χ0n) is 16.0. The van der Waals surface area contributed by atoms with Gasteiger partial charge in [-0.2, -0.15) is 18.4 Å². The van der Waals surface area contributed by atoms with Gasteiger partial charge in [0, 0.05) is 36.6 Å². The average molecular weight is 478 g/mol. The lowest BCUT2D eigenvalue weighted by Crippen LogP contribution is -2.49. The number of hydrogen-bond donors (Lipinski definition) is 0.